The van der Waals surface area contributed by atoms with Gasteiger partial charge in [-0.15, -0.1) is 0 Å². The second-order valence-electron chi connectivity index (χ2n) is 11.7. The Morgan fingerprint density at radius 1 is 1.26 bits per heavy atom. The zero-order valence-electron chi connectivity index (χ0n) is 23.4. The number of likely N-dealkylation sites (tertiary alicyclic amines) is 1. The van der Waals surface area contributed by atoms with Crippen molar-refractivity contribution >= 4 is 11.8 Å². The summed E-state index contributed by atoms with van der Waals surface area (Å²) in [5, 5.41) is 14.8. The molecule has 2 saturated heterocycles. The topological polar surface area (TPSA) is 106 Å². The number of aliphatic hydroxyl groups excluding tert-OH is 1. The normalized spacial score (nSPS) is 28.5. The molecule has 1 aromatic rings. The van der Waals surface area contributed by atoms with Gasteiger partial charge in [-0.2, -0.15) is 9.93 Å². The number of aliphatic hydroxyl groups is 1. The van der Waals surface area contributed by atoms with E-state index in [1.807, 2.05) is 31.9 Å². The smallest absolute Gasteiger partial charge is 0.242 e. The molecule has 216 valence electrons. The number of amides is 2. The van der Waals surface area contributed by atoms with Crippen molar-refractivity contribution in [3.8, 4) is 5.75 Å². The minimum Gasteiger partial charge on any atom is -0.491 e. The van der Waals surface area contributed by atoms with Crippen LogP contribution in [0.4, 0.5) is 8.78 Å². The molecule has 1 spiro atoms. The molecule has 2 heterocycles. The van der Waals surface area contributed by atoms with Gasteiger partial charge >= 0.3 is 0 Å². The van der Waals surface area contributed by atoms with Crippen molar-refractivity contribution in [2.24, 2.45) is 5.41 Å². The molecule has 39 heavy (non-hydrogen) atoms. The zero-order valence-corrected chi connectivity index (χ0v) is 23.4. The van der Waals surface area contributed by atoms with Crippen LogP contribution < -0.4 is 21.0 Å². The predicted molar refractivity (Wildman–Crippen MR) is 142 cm³/mol. The summed E-state index contributed by atoms with van der Waals surface area (Å²) < 4.78 is 35.8. The Labute approximate surface area is 228 Å². The Hall–Kier alpha value is -2.60. The number of benzene rings is 1. The number of hydrogen-bond donors (Lipinski definition) is 4. The fraction of sp³-hybridized carbons (Fsp3) is 0.643. The second kappa shape index (κ2) is 11.5. The maximum absolute atomic E-state index is 15.6. The van der Waals surface area contributed by atoms with Crippen LogP contribution in [0.5, 0.6) is 5.75 Å². The minimum absolute atomic E-state index is 0.0415. The average Bonchev–Trinajstić information content (AvgIpc) is 3.33. The van der Waals surface area contributed by atoms with Crippen molar-refractivity contribution in [3.63, 3.8) is 0 Å². The summed E-state index contributed by atoms with van der Waals surface area (Å²) in [5.41, 5.74) is 5.03. The Balaban J connectivity index is 1.79. The van der Waals surface area contributed by atoms with Crippen LogP contribution in [0.1, 0.15) is 71.4 Å². The molecule has 2 unspecified atom stereocenters. The lowest BCUT2D eigenvalue weighted by Crippen LogP contribution is -2.65. The number of nitrogens with zero attached hydrogens (tertiary/aromatic N) is 2. The van der Waals surface area contributed by atoms with Gasteiger partial charge in [0.05, 0.1) is 24.3 Å². The van der Waals surface area contributed by atoms with E-state index in [0.717, 1.165) is 12.8 Å². The molecule has 2 amide bonds. The number of carbonyl (C=O) groups is 2. The monoisotopic (exact) mass is 549 g/mol. The minimum atomic E-state index is -1.04. The molecule has 0 radical (unpaired) electrons. The quantitative estimate of drug-likeness (QED) is 0.405. The van der Waals surface area contributed by atoms with Crippen molar-refractivity contribution in [3.05, 3.63) is 41.5 Å². The number of rotatable bonds is 6. The third-order valence-electron chi connectivity index (χ3n) is 8.08. The van der Waals surface area contributed by atoms with Crippen molar-refractivity contribution in [1.82, 2.24) is 26.2 Å². The highest BCUT2D eigenvalue weighted by molar-refractivity contribution is 5.91. The van der Waals surface area contributed by atoms with Crippen molar-refractivity contribution in [2.45, 2.75) is 89.6 Å². The van der Waals surface area contributed by atoms with Gasteiger partial charge in [0.15, 0.2) is 11.6 Å². The van der Waals surface area contributed by atoms with Crippen molar-refractivity contribution in [2.75, 3.05) is 20.2 Å². The number of halogens is 2. The number of carbonyl (C=O) groups excluding carboxylic acids is 2. The van der Waals surface area contributed by atoms with E-state index in [1.165, 1.54) is 24.1 Å². The number of ether oxygens (including phenoxy) is 1. The number of likely N-dealkylation sites (N-methyl/N-ethyl adjacent to an activating group) is 1. The molecule has 2 aliphatic heterocycles. The predicted octanol–water partition coefficient (Wildman–Crippen LogP) is 2.72. The van der Waals surface area contributed by atoms with E-state index in [-0.39, 0.29) is 42.7 Å². The lowest BCUT2D eigenvalue weighted by atomic mass is 9.76. The van der Waals surface area contributed by atoms with Crippen molar-refractivity contribution in [1.29, 1.82) is 0 Å². The highest BCUT2D eigenvalue weighted by Gasteiger charge is 2.57. The fourth-order valence-corrected chi connectivity index (χ4v) is 6.26. The molecule has 0 saturated carbocycles. The molecular formula is C28H41F2N5O4. The van der Waals surface area contributed by atoms with E-state index in [2.05, 4.69) is 22.4 Å². The van der Waals surface area contributed by atoms with Crippen LogP contribution in [0.15, 0.2) is 24.3 Å². The van der Waals surface area contributed by atoms with E-state index < -0.39 is 46.8 Å². The zero-order chi connectivity index (χ0) is 28.5. The first-order valence-corrected chi connectivity index (χ1v) is 13.7. The number of nitrogens with one attached hydrogen (secondary N) is 3. The number of allylic oxidation sites excluding steroid dienone is 1. The Kier molecular flexibility index (Phi) is 8.65. The Morgan fingerprint density at radius 3 is 2.67 bits per heavy atom. The van der Waals surface area contributed by atoms with Crippen molar-refractivity contribution < 1.29 is 28.2 Å². The van der Waals surface area contributed by atoms with E-state index in [9.17, 15) is 14.7 Å². The highest BCUT2D eigenvalue weighted by Crippen LogP contribution is 2.47. The van der Waals surface area contributed by atoms with E-state index >= 15 is 8.78 Å². The van der Waals surface area contributed by atoms with Crippen LogP contribution in [-0.4, -0.2) is 70.8 Å². The van der Waals surface area contributed by atoms with Crippen LogP contribution >= 0.6 is 0 Å². The number of hydrogen-bond acceptors (Lipinski definition) is 7. The Morgan fingerprint density at radius 2 is 2.00 bits per heavy atom. The average molecular weight is 550 g/mol. The number of hydrazine groups is 2. The molecule has 1 aromatic carbocycles. The van der Waals surface area contributed by atoms with Gasteiger partial charge in [-0.3, -0.25) is 9.59 Å². The molecule has 4 N–H and O–H groups in total. The maximum Gasteiger partial charge on any atom is 0.242 e. The van der Waals surface area contributed by atoms with Crippen LogP contribution in [-0.2, 0) is 9.59 Å². The molecule has 3 aliphatic rings. The standard InChI is InChI=1S/C28H41F2N5O4/c1-6-39-20-12-11-18(21(29)22(20)30)23-28(13-9-7-8-10-14-28)35(33-32-23)24(27(2,3)4)26(38)34-16-17(36)15-19(34)25(37)31-5/h7,9,11-12,17,19,23-24,32-33,36H,6,8,10,13-16H2,1-5H3,(H,31,37)/t17-,19+,23?,24-,28?/m1/s1. The SMILES string of the molecule is CCOc1ccc(C2NNN([C@H](C(=O)N3C[C@H](O)C[C@H]3C(=O)NC)C(C)(C)C)C23CC=CCCC3)c(F)c1F. The summed E-state index contributed by atoms with van der Waals surface area (Å²) in [7, 11) is 1.50. The maximum atomic E-state index is 15.6. The van der Waals surface area contributed by atoms with Crippen LogP contribution in [0.25, 0.3) is 0 Å². The van der Waals surface area contributed by atoms with Gasteiger partial charge < -0.3 is 20.1 Å². The molecule has 11 heteroatoms. The molecular weight excluding hydrogens is 508 g/mol. The van der Waals surface area contributed by atoms with Gasteiger partial charge in [-0.1, -0.05) is 39.0 Å². The lowest BCUT2D eigenvalue weighted by molar-refractivity contribution is -0.151. The lowest BCUT2D eigenvalue weighted by Gasteiger charge is -2.48. The summed E-state index contributed by atoms with van der Waals surface area (Å²) in [6, 6.07) is 0.691. The molecule has 9 nitrogen and oxygen atoms in total. The van der Waals surface area contributed by atoms with E-state index in [4.69, 9.17) is 4.74 Å². The third-order valence-corrected chi connectivity index (χ3v) is 8.08. The fourth-order valence-electron chi connectivity index (χ4n) is 6.26. The van der Waals surface area contributed by atoms with Gasteiger partial charge in [0, 0.05) is 25.6 Å². The molecule has 0 bridgehead atoms. The third kappa shape index (κ3) is 5.41. The van der Waals surface area contributed by atoms with Gasteiger partial charge in [-0.05, 0) is 44.1 Å². The molecule has 5 atom stereocenters. The molecule has 1 aliphatic carbocycles. The molecule has 4 rings (SSSR count). The van der Waals surface area contributed by atoms with Gasteiger partial charge in [-0.25, -0.2) is 14.8 Å². The first-order chi connectivity index (χ1) is 18.5. The van der Waals surface area contributed by atoms with E-state index in [0.29, 0.717) is 12.8 Å². The van der Waals surface area contributed by atoms with Gasteiger partial charge in [0.2, 0.25) is 17.6 Å². The van der Waals surface area contributed by atoms with Gasteiger partial charge in [0.1, 0.15) is 12.1 Å². The summed E-state index contributed by atoms with van der Waals surface area (Å²) >= 11 is 0. The summed E-state index contributed by atoms with van der Waals surface area (Å²) in [6.45, 7) is 7.76. The largest absolute Gasteiger partial charge is 0.491 e. The molecule has 2 fully saturated rings. The van der Waals surface area contributed by atoms with Crippen LogP contribution in [0.2, 0.25) is 0 Å². The second-order valence-corrected chi connectivity index (χ2v) is 11.7. The Bertz CT molecular complexity index is 1110. The van der Waals surface area contributed by atoms with Crippen LogP contribution in [0.3, 0.4) is 0 Å². The van der Waals surface area contributed by atoms with Crippen LogP contribution in [0, 0.1) is 17.0 Å². The highest BCUT2D eigenvalue weighted by atomic mass is 19.2. The summed E-state index contributed by atoms with van der Waals surface area (Å²) in [4.78, 5) is 28.4. The van der Waals surface area contributed by atoms with E-state index in [1.54, 1.807) is 6.92 Å². The first kappa shape index (κ1) is 29.4. The summed E-state index contributed by atoms with van der Waals surface area (Å²) in [6.07, 6.45) is 6.13. The summed E-state index contributed by atoms with van der Waals surface area (Å²) in [5.74, 6) is -2.83. The number of β-amino-alcohol motifs (C(OH)–C–C–N with tert-alkyl or cyclic N) is 1. The van der Waals surface area contributed by atoms with Gasteiger partial charge in [0.25, 0.3) is 0 Å². The first-order valence-electron chi connectivity index (χ1n) is 13.7. The molecule has 0 aromatic heterocycles.